The van der Waals surface area contributed by atoms with E-state index >= 15 is 0 Å². The van der Waals surface area contributed by atoms with Crippen LogP contribution in [-0.2, 0) is 9.59 Å². The number of aromatic nitrogens is 3. The summed E-state index contributed by atoms with van der Waals surface area (Å²) in [5.41, 5.74) is 7.91. The molecule has 0 radical (unpaired) electrons. The Hall–Kier alpha value is -3.66. The van der Waals surface area contributed by atoms with Crippen molar-refractivity contribution in [3.63, 3.8) is 0 Å². The maximum absolute atomic E-state index is 13.0. The van der Waals surface area contributed by atoms with E-state index in [1.165, 1.54) is 35.6 Å². The fraction of sp³-hybridized carbons (Fsp3) is 0.217. The Balaban J connectivity index is 1.39. The molecule has 1 aliphatic heterocycles. The van der Waals surface area contributed by atoms with Crippen molar-refractivity contribution in [1.29, 1.82) is 5.26 Å². The number of hydrogen-bond donors (Lipinski definition) is 2. The number of Topliss-reactive ketones (excluding diaryl/α,β-unsaturated/α-hetero) is 1. The van der Waals surface area contributed by atoms with Gasteiger partial charge in [-0.3, -0.25) is 14.5 Å². The molecule has 3 aromatic heterocycles. The molecular weight excluding hydrogens is 522 g/mol. The van der Waals surface area contributed by atoms with Crippen molar-refractivity contribution in [2.75, 3.05) is 16.0 Å². The first-order chi connectivity index (χ1) is 17.5. The monoisotopic (exact) mass is 539 g/mol. The summed E-state index contributed by atoms with van der Waals surface area (Å²) in [6.45, 7) is 0. The summed E-state index contributed by atoms with van der Waals surface area (Å²) in [6, 6.07) is 8.87. The molecule has 1 atom stereocenters. The quantitative estimate of drug-likeness (QED) is 0.435. The molecule has 2 aliphatic rings. The highest BCUT2D eigenvalue weighted by Crippen LogP contribution is 2.47. The van der Waals surface area contributed by atoms with E-state index in [2.05, 4.69) is 26.6 Å². The van der Waals surface area contributed by atoms with Crippen molar-refractivity contribution in [3.05, 3.63) is 70.2 Å². The molecule has 36 heavy (non-hydrogen) atoms. The Morgan fingerprint density at radius 3 is 2.94 bits per heavy atom. The predicted molar refractivity (Wildman–Crippen MR) is 135 cm³/mol. The van der Waals surface area contributed by atoms with Crippen LogP contribution in [0.3, 0.4) is 0 Å². The number of nitrogens with one attached hydrogen (secondary N) is 1. The van der Waals surface area contributed by atoms with Gasteiger partial charge in [0.05, 0.1) is 34.6 Å². The van der Waals surface area contributed by atoms with E-state index in [-0.39, 0.29) is 28.8 Å². The van der Waals surface area contributed by atoms with Crippen LogP contribution < -0.4 is 16.0 Å². The first-order valence-electron chi connectivity index (χ1n) is 10.8. The molecule has 1 aliphatic carbocycles. The number of amides is 1. The first-order valence-corrected chi connectivity index (χ1v) is 13.0. The Kier molecular flexibility index (Phi) is 6.77. The van der Waals surface area contributed by atoms with Crippen LogP contribution in [0.15, 0.2) is 68.1 Å². The number of carbonyl (C=O) groups excluding carboxylic acids is 2. The molecule has 5 rings (SSSR count). The molecular formula is C23H18ClN7O3S2. The van der Waals surface area contributed by atoms with Gasteiger partial charge in [-0.2, -0.15) is 5.26 Å². The third-order valence-corrected chi connectivity index (χ3v) is 7.92. The van der Waals surface area contributed by atoms with Crippen LogP contribution >= 0.6 is 34.7 Å². The second-order valence-corrected chi connectivity index (χ2v) is 10.5. The third-order valence-electron chi connectivity index (χ3n) is 5.65. The predicted octanol–water partition coefficient (Wildman–Crippen LogP) is 4.22. The van der Waals surface area contributed by atoms with E-state index in [4.69, 9.17) is 21.8 Å². The van der Waals surface area contributed by atoms with Crippen LogP contribution in [0.5, 0.6) is 0 Å². The summed E-state index contributed by atoms with van der Waals surface area (Å²) in [5.74, 6) is 0.190. The molecule has 3 N–H and O–H groups in total. The summed E-state index contributed by atoms with van der Waals surface area (Å²) in [7, 11) is 0. The smallest absolute Gasteiger partial charge is 0.235 e. The standard InChI is InChI=1S/C23H18ClN7O3S2/c24-12-6-7-17(27-10-12)28-18(33)11-35-23-30-29-22(36-23)31-14-3-1-4-15(32)20(14)19(13(9-25)21(31)26)16-5-2-8-34-16/h2,5-8,10,19H,1,3-4,11,26H2,(H,27,28,33). The summed E-state index contributed by atoms with van der Waals surface area (Å²) in [4.78, 5) is 31.0. The molecule has 0 fully saturated rings. The molecule has 3 aromatic rings. The lowest BCUT2D eigenvalue weighted by atomic mass is 9.78. The second kappa shape index (κ2) is 10.1. The Labute approximate surface area is 218 Å². The van der Waals surface area contributed by atoms with Gasteiger partial charge in [-0.25, -0.2) is 4.98 Å². The fourth-order valence-electron chi connectivity index (χ4n) is 4.15. The number of hydrogen-bond acceptors (Lipinski definition) is 11. The van der Waals surface area contributed by atoms with Crippen molar-refractivity contribution in [1.82, 2.24) is 15.2 Å². The number of allylic oxidation sites excluding steroid dienone is 3. The van der Waals surface area contributed by atoms with Crippen LogP contribution in [-0.4, -0.2) is 32.6 Å². The van der Waals surface area contributed by atoms with Crippen LogP contribution in [0.4, 0.5) is 10.9 Å². The van der Waals surface area contributed by atoms with Gasteiger partial charge in [-0.05, 0) is 37.1 Å². The number of nitrogens with two attached hydrogens (primary N) is 1. The summed E-state index contributed by atoms with van der Waals surface area (Å²) in [5, 5.41) is 22.0. The number of ketones is 1. The van der Waals surface area contributed by atoms with Gasteiger partial charge in [0.25, 0.3) is 0 Å². The zero-order chi connectivity index (χ0) is 25.2. The molecule has 1 amide bonds. The molecule has 0 saturated carbocycles. The molecule has 13 heteroatoms. The molecule has 0 spiro atoms. The molecule has 10 nitrogen and oxygen atoms in total. The number of nitriles is 1. The van der Waals surface area contributed by atoms with E-state index in [1.807, 2.05) is 0 Å². The number of anilines is 2. The van der Waals surface area contributed by atoms with Gasteiger partial charge in [0.15, 0.2) is 10.1 Å². The van der Waals surface area contributed by atoms with Gasteiger partial charge >= 0.3 is 0 Å². The van der Waals surface area contributed by atoms with Gasteiger partial charge in [-0.15, -0.1) is 10.2 Å². The van der Waals surface area contributed by atoms with E-state index in [1.54, 1.807) is 29.2 Å². The van der Waals surface area contributed by atoms with Crippen LogP contribution in [0.1, 0.15) is 30.9 Å². The maximum Gasteiger partial charge on any atom is 0.235 e. The number of halogens is 1. The number of thioether (sulfide) groups is 1. The first kappa shape index (κ1) is 24.1. The number of pyridine rings is 1. The number of nitrogens with zero attached hydrogens (tertiary/aromatic N) is 5. The minimum atomic E-state index is -0.656. The van der Waals surface area contributed by atoms with Gasteiger partial charge in [-0.1, -0.05) is 34.7 Å². The Morgan fingerprint density at radius 2 is 2.22 bits per heavy atom. The second-order valence-electron chi connectivity index (χ2n) is 7.88. The Morgan fingerprint density at radius 1 is 1.36 bits per heavy atom. The van der Waals surface area contributed by atoms with Crippen LogP contribution in [0.2, 0.25) is 5.02 Å². The fourth-order valence-corrected chi connectivity index (χ4v) is 5.94. The van der Waals surface area contributed by atoms with E-state index in [0.717, 1.165) is 0 Å². The van der Waals surface area contributed by atoms with Gasteiger partial charge in [0.2, 0.25) is 11.0 Å². The van der Waals surface area contributed by atoms with E-state index < -0.39 is 5.92 Å². The average Bonchev–Trinajstić information content (AvgIpc) is 3.56. The van der Waals surface area contributed by atoms with E-state index in [9.17, 15) is 14.9 Å². The van der Waals surface area contributed by atoms with Crippen molar-refractivity contribution >= 4 is 57.3 Å². The lowest BCUT2D eigenvalue weighted by Crippen LogP contribution is -2.38. The lowest BCUT2D eigenvalue weighted by Gasteiger charge is -2.37. The largest absolute Gasteiger partial charge is 0.468 e. The highest BCUT2D eigenvalue weighted by atomic mass is 35.5. The summed E-state index contributed by atoms with van der Waals surface area (Å²) in [6.07, 6.45) is 4.59. The highest BCUT2D eigenvalue weighted by Gasteiger charge is 2.42. The molecule has 1 unspecified atom stereocenters. The maximum atomic E-state index is 13.0. The van der Waals surface area contributed by atoms with Gasteiger partial charge in [0, 0.05) is 23.9 Å². The zero-order valence-corrected chi connectivity index (χ0v) is 21.0. The molecule has 4 heterocycles. The van der Waals surface area contributed by atoms with Crippen LogP contribution in [0.25, 0.3) is 0 Å². The van der Waals surface area contributed by atoms with Crippen molar-refractivity contribution in [2.24, 2.45) is 5.73 Å². The minimum Gasteiger partial charge on any atom is -0.468 e. The van der Waals surface area contributed by atoms with Crippen molar-refractivity contribution < 1.29 is 14.0 Å². The molecule has 182 valence electrons. The molecule has 0 aromatic carbocycles. The van der Waals surface area contributed by atoms with Crippen molar-refractivity contribution in [2.45, 2.75) is 29.5 Å². The number of furan rings is 1. The van der Waals surface area contributed by atoms with Crippen LogP contribution in [0, 0.1) is 11.3 Å². The summed E-state index contributed by atoms with van der Waals surface area (Å²) < 4.78 is 6.11. The number of carbonyl (C=O) groups is 2. The topological polar surface area (TPSA) is 151 Å². The third kappa shape index (κ3) is 4.60. The highest BCUT2D eigenvalue weighted by molar-refractivity contribution is 8.01. The SMILES string of the molecule is N#CC1=C(N)N(c2nnc(SCC(=O)Nc3ccc(Cl)cn3)s2)C2=C(C(=O)CCC2)C1c1ccco1. The number of rotatable bonds is 6. The normalized spacial score (nSPS) is 17.7. The van der Waals surface area contributed by atoms with Gasteiger partial charge in [0.1, 0.15) is 17.4 Å². The average molecular weight is 540 g/mol. The zero-order valence-electron chi connectivity index (χ0n) is 18.6. The minimum absolute atomic E-state index is 0.0468. The molecule has 0 saturated heterocycles. The van der Waals surface area contributed by atoms with Gasteiger partial charge < -0.3 is 15.5 Å². The Bertz CT molecular complexity index is 1420. The molecule has 0 bridgehead atoms. The van der Waals surface area contributed by atoms with Crippen molar-refractivity contribution in [3.8, 4) is 6.07 Å². The van der Waals surface area contributed by atoms with E-state index in [0.29, 0.717) is 56.6 Å². The summed E-state index contributed by atoms with van der Waals surface area (Å²) >= 11 is 8.24. The lowest BCUT2D eigenvalue weighted by molar-refractivity contribution is -0.116.